The second-order valence-corrected chi connectivity index (χ2v) is 6.04. The lowest BCUT2D eigenvalue weighted by Gasteiger charge is -2.10. The van der Waals surface area contributed by atoms with Gasteiger partial charge in [-0.3, -0.25) is 9.59 Å². The van der Waals surface area contributed by atoms with Crippen LogP contribution in [0, 0.1) is 13.8 Å². The van der Waals surface area contributed by atoms with Crippen LogP contribution in [0.15, 0.2) is 46.5 Å². The van der Waals surface area contributed by atoms with E-state index in [4.69, 9.17) is 4.42 Å². The van der Waals surface area contributed by atoms with Crippen molar-refractivity contribution in [1.29, 1.82) is 0 Å². The Kier molecular flexibility index (Phi) is 4.43. The zero-order valence-electron chi connectivity index (χ0n) is 13.1. The molecule has 2 N–H and O–H groups in total. The molecule has 0 aliphatic rings. The van der Waals surface area contributed by atoms with E-state index in [1.807, 2.05) is 6.92 Å². The lowest BCUT2D eigenvalue weighted by molar-refractivity contribution is 0.0994. The molecule has 122 valence electrons. The molecule has 0 unspecified atom stereocenters. The Morgan fingerprint density at radius 3 is 2.58 bits per heavy atom. The van der Waals surface area contributed by atoms with Crippen LogP contribution in [0.2, 0.25) is 0 Å². The fourth-order valence-electron chi connectivity index (χ4n) is 2.18. The molecule has 0 spiro atoms. The Morgan fingerprint density at radius 2 is 1.96 bits per heavy atom. The van der Waals surface area contributed by atoms with Crippen molar-refractivity contribution >= 4 is 34.5 Å². The Balaban J connectivity index is 1.72. The van der Waals surface area contributed by atoms with Crippen LogP contribution < -0.4 is 10.6 Å². The first-order valence-electron chi connectivity index (χ1n) is 7.21. The summed E-state index contributed by atoms with van der Waals surface area (Å²) < 4.78 is 5.06. The van der Waals surface area contributed by atoms with Crippen LogP contribution >= 0.6 is 11.3 Å². The Hall–Kier alpha value is -2.93. The number of aryl methyl sites for hydroxylation is 2. The molecule has 1 aromatic carbocycles. The molecular formula is C17H15N3O3S. The third-order valence-electron chi connectivity index (χ3n) is 3.43. The summed E-state index contributed by atoms with van der Waals surface area (Å²) in [5.41, 5.74) is 4.48. The molecule has 7 heteroatoms. The normalized spacial score (nSPS) is 10.4. The highest BCUT2D eigenvalue weighted by Gasteiger charge is 2.13. The minimum Gasteiger partial charge on any atom is -0.459 e. The second-order valence-electron chi connectivity index (χ2n) is 5.18. The predicted octanol–water partition coefficient (Wildman–Crippen LogP) is 3.86. The largest absolute Gasteiger partial charge is 0.459 e. The van der Waals surface area contributed by atoms with Gasteiger partial charge in [0.25, 0.3) is 11.8 Å². The molecule has 2 aromatic heterocycles. The van der Waals surface area contributed by atoms with Gasteiger partial charge in [-0.2, -0.15) is 0 Å². The fraction of sp³-hybridized carbons (Fsp3) is 0.118. The maximum Gasteiger partial charge on any atom is 0.291 e. The van der Waals surface area contributed by atoms with Gasteiger partial charge in [-0.15, -0.1) is 11.3 Å². The molecule has 2 amide bonds. The summed E-state index contributed by atoms with van der Waals surface area (Å²) in [5, 5.41) is 5.61. The number of aromatic nitrogens is 1. The van der Waals surface area contributed by atoms with Crippen molar-refractivity contribution in [3.05, 3.63) is 64.0 Å². The van der Waals surface area contributed by atoms with Gasteiger partial charge in [-0.25, -0.2) is 4.98 Å². The van der Waals surface area contributed by atoms with Gasteiger partial charge in [0.05, 0.1) is 17.5 Å². The minimum absolute atomic E-state index is 0.193. The van der Waals surface area contributed by atoms with Gasteiger partial charge in [-0.05, 0) is 49.7 Å². The standard InChI is InChI=1S/C17H15N3O3S/c1-10-8-12(19-17(22)15-11(2)18-9-24-15)5-6-13(10)20-16(21)14-4-3-7-23-14/h3-9H,1-2H3,(H,19,22)(H,20,21). The number of benzene rings is 1. The zero-order chi connectivity index (χ0) is 17.1. The van der Waals surface area contributed by atoms with Crippen LogP contribution in [0.25, 0.3) is 0 Å². The molecule has 0 atom stereocenters. The van der Waals surface area contributed by atoms with Gasteiger partial charge in [0.15, 0.2) is 5.76 Å². The monoisotopic (exact) mass is 341 g/mol. The van der Waals surface area contributed by atoms with Crippen LogP contribution in [0.5, 0.6) is 0 Å². The summed E-state index contributed by atoms with van der Waals surface area (Å²) in [6.45, 7) is 3.65. The fourth-order valence-corrected chi connectivity index (χ4v) is 2.88. The van der Waals surface area contributed by atoms with E-state index >= 15 is 0 Å². The van der Waals surface area contributed by atoms with E-state index in [0.717, 1.165) is 5.56 Å². The number of amides is 2. The molecule has 2 heterocycles. The molecule has 0 aliphatic carbocycles. The summed E-state index contributed by atoms with van der Waals surface area (Å²) >= 11 is 1.30. The van der Waals surface area contributed by atoms with E-state index in [1.165, 1.54) is 17.6 Å². The SMILES string of the molecule is Cc1cc(NC(=O)c2scnc2C)ccc1NC(=O)c1ccco1. The average molecular weight is 341 g/mol. The number of nitrogens with zero attached hydrogens (tertiary/aromatic N) is 1. The number of thiazole rings is 1. The van der Waals surface area contributed by atoms with E-state index in [9.17, 15) is 9.59 Å². The summed E-state index contributed by atoms with van der Waals surface area (Å²) in [5.74, 6) is -0.269. The lowest BCUT2D eigenvalue weighted by Crippen LogP contribution is -2.13. The second kappa shape index (κ2) is 6.67. The molecule has 0 aliphatic heterocycles. The predicted molar refractivity (Wildman–Crippen MR) is 92.6 cm³/mol. The number of furan rings is 1. The van der Waals surface area contributed by atoms with E-state index < -0.39 is 0 Å². The molecule has 0 radical (unpaired) electrons. The van der Waals surface area contributed by atoms with Gasteiger partial charge in [-0.1, -0.05) is 0 Å². The Morgan fingerprint density at radius 1 is 1.12 bits per heavy atom. The van der Waals surface area contributed by atoms with Crippen molar-refractivity contribution < 1.29 is 14.0 Å². The van der Waals surface area contributed by atoms with E-state index in [1.54, 1.807) is 42.8 Å². The molecule has 24 heavy (non-hydrogen) atoms. The van der Waals surface area contributed by atoms with Crippen molar-refractivity contribution in [2.24, 2.45) is 0 Å². The molecular weight excluding hydrogens is 326 g/mol. The number of rotatable bonds is 4. The summed E-state index contributed by atoms with van der Waals surface area (Å²) in [6, 6.07) is 8.52. The third kappa shape index (κ3) is 3.36. The van der Waals surface area contributed by atoms with Crippen molar-refractivity contribution in [3.63, 3.8) is 0 Å². The summed E-state index contributed by atoms with van der Waals surface area (Å²) in [7, 11) is 0. The number of carbonyl (C=O) groups is 2. The molecule has 3 aromatic rings. The van der Waals surface area contributed by atoms with Gasteiger partial charge in [0.1, 0.15) is 4.88 Å². The first-order chi connectivity index (χ1) is 11.5. The Bertz CT molecular complexity index is 884. The molecule has 0 bridgehead atoms. The van der Waals surface area contributed by atoms with E-state index in [2.05, 4.69) is 15.6 Å². The van der Waals surface area contributed by atoms with Crippen molar-refractivity contribution in [1.82, 2.24) is 4.98 Å². The van der Waals surface area contributed by atoms with Gasteiger partial charge < -0.3 is 15.1 Å². The first-order valence-corrected chi connectivity index (χ1v) is 8.09. The number of anilines is 2. The average Bonchev–Trinajstić information content (AvgIpc) is 3.21. The highest BCUT2D eigenvalue weighted by molar-refractivity contribution is 7.12. The summed E-state index contributed by atoms with van der Waals surface area (Å²) in [4.78, 5) is 28.9. The molecule has 6 nitrogen and oxygen atoms in total. The molecule has 0 saturated carbocycles. The topological polar surface area (TPSA) is 84.2 Å². The van der Waals surface area contributed by atoms with Crippen molar-refractivity contribution in [2.75, 3.05) is 10.6 Å². The van der Waals surface area contributed by atoms with E-state index in [-0.39, 0.29) is 17.6 Å². The number of hydrogen-bond acceptors (Lipinski definition) is 5. The van der Waals surface area contributed by atoms with Gasteiger partial charge >= 0.3 is 0 Å². The smallest absolute Gasteiger partial charge is 0.291 e. The summed E-state index contributed by atoms with van der Waals surface area (Å²) in [6.07, 6.45) is 1.45. The first kappa shape index (κ1) is 15.9. The maximum absolute atomic E-state index is 12.2. The number of carbonyl (C=O) groups excluding carboxylic acids is 2. The number of nitrogens with one attached hydrogen (secondary N) is 2. The zero-order valence-corrected chi connectivity index (χ0v) is 13.9. The quantitative estimate of drug-likeness (QED) is 0.755. The highest BCUT2D eigenvalue weighted by Crippen LogP contribution is 2.22. The van der Waals surface area contributed by atoms with Crippen LogP contribution in [-0.2, 0) is 0 Å². The van der Waals surface area contributed by atoms with Crippen LogP contribution in [0.1, 0.15) is 31.5 Å². The number of hydrogen-bond donors (Lipinski definition) is 2. The van der Waals surface area contributed by atoms with Crippen molar-refractivity contribution in [2.45, 2.75) is 13.8 Å². The minimum atomic E-state index is -0.319. The lowest BCUT2D eigenvalue weighted by atomic mass is 10.1. The van der Waals surface area contributed by atoms with Crippen LogP contribution in [-0.4, -0.2) is 16.8 Å². The van der Waals surface area contributed by atoms with E-state index in [0.29, 0.717) is 21.9 Å². The highest BCUT2D eigenvalue weighted by atomic mass is 32.1. The van der Waals surface area contributed by atoms with Crippen molar-refractivity contribution in [3.8, 4) is 0 Å². The van der Waals surface area contributed by atoms with Crippen LogP contribution in [0.3, 0.4) is 0 Å². The third-order valence-corrected chi connectivity index (χ3v) is 4.36. The van der Waals surface area contributed by atoms with Crippen LogP contribution in [0.4, 0.5) is 11.4 Å². The molecule has 3 rings (SSSR count). The molecule has 0 fully saturated rings. The van der Waals surface area contributed by atoms with Gasteiger partial charge in [0.2, 0.25) is 0 Å². The van der Waals surface area contributed by atoms with Gasteiger partial charge in [0, 0.05) is 11.4 Å². The maximum atomic E-state index is 12.2. The Labute approximate surface area is 142 Å². The molecule has 0 saturated heterocycles.